The standard InChI is InChI=1S/C16H14Cl2O5S/c1-9(16(19)20)12-5-3-10(17)7-15(12)23-14-6-4-11(8-13(14)18)24(2,21)22/h3-9H,1-2H3,(H,19,20). The Kier molecular flexibility index (Phi) is 5.42. The Hall–Kier alpha value is -1.76. The van der Waals surface area contributed by atoms with Crippen molar-refractivity contribution in [2.24, 2.45) is 0 Å². The molecule has 1 N–H and O–H groups in total. The average Bonchev–Trinajstić information content (AvgIpc) is 2.47. The first-order valence-corrected chi connectivity index (χ1v) is 9.44. The molecule has 1 unspecified atom stereocenters. The normalized spacial score (nSPS) is 12.7. The van der Waals surface area contributed by atoms with Crippen LogP contribution in [-0.4, -0.2) is 25.7 Å². The van der Waals surface area contributed by atoms with E-state index in [-0.39, 0.29) is 21.4 Å². The molecule has 8 heteroatoms. The van der Waals surface area contributed by atoms with Crippen molar-refractivity contribution in [3.05, 3.63) is 52.0 Å². The maximum absolute atomic E-state index is 11.5. The van der Waals surface area contributed by atoms with E-state index in [4.69, 9.17) is 27.9 Å². The van der Waals surface area contributed by atoms with Crippen LogP contribution in [0.25, 0.3) is 0 Å². The van der Waals surface area contributed by atoms with Crippen molar-refractivity contribution in [1.29, 1.82) is 0 Å². The van der Waals surface area contributed by atoms with Gasteiger partial charge in [-0.3, -0.25) is 4.79 Å². The van der Waals surface area contributed by atoms with E-state index in [9.17, 15) is 18.3 Å². The smallest absolute Gasteiger partial charge is 0.310 e. The van der Waals surface area contributed by atoms with Gasteiger partial charge in [0.25, 0.3) is 0 Å². The minimum absolute atomic E-state index is 0.0603. The van der Waals surface area contributed by atoms with Crippen molar-refractivity contribution in [3.8, 4) is 11.5 Å². The summed E-state index contributed by atoms with van der Waals surface area (Å²) in [5, 5.41) is 9.65. The monoisotopic (exact) mass is 388 g/mol. The summed E-state index contributed by atoms with van der Waals surface area (Å²) in [4.78, 5) is 11.3. The second-order valence-electron chi connectivity index (χ2n) is 5.21. The minimum atomic E-state index is -3.39. The maximum Gasteiger partial charge on any atom is 0.310 e. The lowest BCUT2D eigenvalue weighted by Gasteiger charge is -2.15. The van der Waals surface area contributed by atoms with Crippen LogP contribution in [0.4, 0.5) is 0 Å². The fourth-order valence-electron chi connectivity index (χ4n) is 2.00. The minimum Gasteiger partial charge on any atom is -0.481 e. The third-order valence-corrected chi connectivity index (χ3v) is 5.00. The third-order valence-electron chi connectivity index (χ3n) is 3.36. The predicted molar refractivity (Wildman–Crippen MR) is 92.1 cm³/mol. The first-order valence-electron chi connectivity index (χ1n) is 6.79. The number of ether oxygens (including phenoxy) is 1. The lowest BCUT2D eigenvalue weighted by atomic mass is 10.0. The summed E-state index contributed by atoms with van der Waals surface area (Å²) in [5.74, 6) is -1.39. The van der Waals surface area contributed by atoms with Crippen LogP contribution >= 0.6 is 23.2 Å². The van der Waals surface area contributed by atoms with Crippen molar-refractivity contribution in [1.82, 2.24) is 0 Å². The van der Waals surface area contributed by atoms with Gasteiger partial charge in [0.2, 0.25) is 0 Å². The van der Waals surface area contributed by atoms with Crippen molar-refractivity contribution >= 4 is 39.0 Å². The molecule has 5 nitrogen and oxygen atoms in total. The van der Waals surface area contributed by atoms with Gasteiger partial charge in [-0.05, 0) is 37.3 Å². The van der Waals surface area contributed by atoms with Gasteiger partial charge < -0.3 is 9.84 Å². The van der Waals surface area contributed by atoms with Crippen LogP contribution in [0.5, 0.6) is 11.5 Å². The van der Waals surface area contributed by atoms with Gasteiger partial charge in [-0.15, -0.1) is 0 Å². The molecule has 0 radical (unpaired) electrons. The lowest BCUT2D eigenvalue weighted by Crippen LogP contribution is -2.08. The number of hydrogen-bond donors (Lipinski definition) is 1. The molecule has 1 atom stereocenters. The van der Waals surface area contributed by atoms with Crippen LogP contribution in [0.15, 0.2) is 41.3 Å². The van der Waals surface area contributed by atoms with Crippen molar-refractivity contribution in [2.75, 3.05) is 6.26 Å². The molecule has 2 aromatic rings. The van der Waals surface area contributed by atoms with E-state index in [1.165, 1.54) is 31.2 Å². The number of carbonyl (C=O) groups is 1. The molecule has 0 fully saturated rings. The predicted octanol–water partition coefficient (Wildman–Crippen LogP) is 4.38. The van der Waals surface area contributed by atoms with E-state index >= 15 is 0 Å². The molecule has 24 heavy (non-hydrogen) atoms. The van der Waals surface area contributed by atoms with Gasteiger partial charge in [0.15, 0.2) is 9.84 Å². The van der Waals surface area contributed by atoms with Gasteiger partial charge in [-0.2, -0.15) is 0 Å². The molecule has 0 aliphatic rings. The highest BCUT2D eigenvalue weighted by molar-refractivity contribution is 7.90. The highest BCUT2D eigenvalue weighted by Crippen LogP contribution is 2.36. The number of aliphatic carboxylic acids is 1. The number of carboxylic acid groups (broad SMARTS) is 1. The Morgan fingerprint density at radius 3 is 2.33 bits per heavy atom. The summed E-state index contributed by atoms with van der Waals surface area (Å²) in [6.07, 6.45) is 1.07. The Morgan fingerprint density at radius 2 is 1.79 bits per heavy atom. The van der Waals surface area contributed by atoms with E-state index in [1.54, 1.807) is 12.1 Å². The second kappa shape index (κ2) is 7.01. The van der Waals surface area contributed by atoms with Crippen LogP contribution in [0, 0.1) is 0 Å². The first-order chi connectivity index (χ1) is 11.1. The molecule has 2 rings (SSSR count). The van der Waals surface area contributed by atoms with Crippen LogP contribution in [0.1, 0.15) is 18.4 Å². The van der Waals surface area contributed by atoms with E-state index in [0.29, 0.717) is 10.6 Å². The van der Waals surface area contributed by atoms with Crippen molar-refractivity contribution in [3.63, 3.8) is 0 Å². The Morgan fingerprint density at radius 1 is 1.12 bits per heavy atom. The van der Waals surface area contributed by atoms with E-state index in [1.807, 2.05) is 0 Å². The number of carboxylic acids is 1. The second-order valence-corrected chi connectivity index (χ2v) is 8.07. The Balaban J connectivity index is 2.45. The molecule has 0 aliphatic carbocycles. The SMILES string of the molecule is CC(C(=O)O)c1ccc(Cl)cc1Oc1ccc(S(C)(=O)=O)cc1Cl. The summed E-state index contributed by atoms with van der Waals surface area (Å²) >= 11 is 12.0. The van der Waals surface area contributed by atoms with Crippen molar-refractivity contribution < 1.29 is 23.1 Å². The van der Waals surface area contributed by atoms with E-state index < -0.39 is 21.7 Å². The van der Waals surface area contributed by atoms with Gasteiger partial charge in [-0.25, -0.2) is 8.42 Å². The Bertz CT molecular complexity index is 893. The summed E-state index contributed by atoms with van der Waals surface area (Å²) in [5.41, 5.74) is 0.426. The molecule has 0 heterocycles. The molecule has 0 spiro atoms. The zero-order valence-electron chi connectivity index (χ0n) is 12.8. The Labute approximate surface area is 149 Å². The highest BCUT2D eigenvalue weighted by Gasteiger charge is 2.20. The summed E-state index contributed by atoms with van der Waals surface area (Å²) in [6.45, 7) is 1.52. The maximum atomic E-state index is 11.5. The molecule has 0 bridgehead atoms. The van der Waals surface area contributed by atoms with Gasteiger partial charge in [0.1, 0.15) is 11.5 Å². The van der Waals surface area contributed by atoms with E-state index in [0.717, 1.165) is 6.26 Å². The van der Waals surface area contributed by atoms with Gasteiger partial charge in [0, 0.05) is 16.8 Å². The summed E-state index contributed by atoms with van der Waals surface area (Å²) in [6, 6.07) is 8.66. The van der Waals surface area contributed by atoms with Gasteiger partial charge in [-0.1, -0.05) is 29.3 Å². The van der Waals surface area contributed by atoms with Crippen LogP contribution < -0.4 is 4.74 Å². The largest absolute Gasteiger partial charge is 0.481 e. The topological polar surface area (TPSA) is 80.7 Å². The van der Waals surface area contributed by atoms with Gasteiger partial charge in [0.05, 0.1) is 15.8 Å². The molecule has 0 aromatic heterocycles. The third kappa shape index (κ3) is 4.20. The van der Waals surface area contributed by atoms with Crippen LogP contribution in [0.3, 0.4) is 0 Å². The lowest BCUT2D eigenvalue weighted by molar-refractivity contribution is -0.138. The first kappa shape index (κ1) is 18.6. The quantitative estimate of drug-likeness (QED) is 0.821. The molecular formula is C16H14Cl2O5S. The fourth-order valence-corrected chi connectivity index (χ4v) is 3.09. The van der Waals surface area contributed by atoms with E-state index in [2.05, 4.69) is 0 Å². The number of hydrogen-bond acceptors (Lipinski definition) is 4. The summed E-state index contributed by atoms with van der Waals surface area (Å²) in [7, 11) is -3.39. The number of sulfone groups is 1. The van der Waals surface area contributed by atoms with Gasteiger partial charge >= 0.3 is 5.97 Å². The fraction of sp³-hybridized carbons (Fsp3) is 0.188. The molecule has 0 amide bonds. The van der Waals surface area contributed by atoms with Crippen molar-refractivity contribution in [2.45, 2.75) is 17.7 Å². The molecule has 128 valence electrons. The zero-order valence-corrected chi connectivity index (χ0v) is 15.1. The number of rotatable bonds is 5. The average molecular weight is 389 g/mol. The molecule has 2 aromatic carbocycles. The van der Waals surface area contributed by atoms with Crippen LogP contribution in [0.2, 0.25) is 10.0 Å². The van der Waals surface area contributed by atoms with Crippen LogP contribution in [-0.2, 0) is 14.6 Å². The number of benzene rings is 2. The molecule has 0 saturated carbocycles. The molecule has 0 aliphatic heterocycles. The zero-order chi connectivity index (χ0) is 18.1. The number of halogens is 2. The molecular weight excluding hydrogens is 375 g/mol. The molecule has 0 saturated heterocycles. The highest BCUT2D eigenvalue weighted by atomic mass is 35.5. The summed E-state index contributed by atoms with van der Waals surface area (Å²) < 4.78 is 28.8.